The van der Waals surface area contributed by atoms with Crippen molar-refractivity contribution in [2.45, 2.75) is 57.5 Å². The Kier molecular flexibility index (Phi) is 8.63. The topological polar surface area (TPSA) is 26.3 Å². The summed E-state index contributed by atoms with van der Waals surface area (Å²) in [5.41, 5.74) is 0.623. The van der Waals surface area contributed by atoms with Crippen LogP contribution in [-0.2, 0) is 0 Å². The second-order valence-electron chi connectivity index (χ2n) is 5.38. The fourth-order valence-electron chi connectivity index (χ4n) is 2.14. The Morgan fingerprint density at radius 2 is 1.41 bits per heavy atom. The molecule has 0 aromatic heterocycles. The second kappa shape index (κ2) is 10.2. The molecular formula is C17H23F3O2. The van der Waals surface area contributed by atoms with Gasteiger partial charge in [-0.3, -0.25) is 4.79 Å². The molecule has 22 heavy (non-hydrogen) atoms. The normalized spacial score (nSPS) is 11.4. The number of unbranched alkanes of at least 4 members (excludes halogenated alkanes) is 6. The van der Waals surface area contributed by atoms with Gasteiger partial charge in [0.25, 0.3) is 0 Å². The molecule has 2 nitrogen and oxygen atoms in total. The van der Waals surface area contributed by atoms with Crippen LogP contribution in [0.25, 0.3) is 0 Å². The Morgan fingerprint density at radius 3 is 1.95 bits per heavy atom. The van der Waals surface area contributed by atoms with E-state index in [2.05, 4.69) is 0 Å². The van der Waals surface area contributed by atoms with Crippen LogP contribution in [0.15, 0.2) is 24.3 Å². The summed E-state index contributed by atoms with van der Waals surface area (Å²) in [6, 6.07) is 6.96. The average molecular weight is 316 g/mol. The molecule has 0 bridgehead atoms. The lowest BCUT2D eigenvalue weighted by molar-refractivity contribution is -0.135. The maximum absolute atomic E-state index is 11.9. The van der Waals surface area contributed by atoms with Gasteiger partial charge in [-0.1, -0.05) is 32.1 Å². The fraction of sp³-hybridized carbons (Fsp3) is 0.588. The van der Waals surface area contributed by atoms with E-state index in [1.807, 2.05) is 0 Å². The Hall–Kier alpha value is -1.52. The van der Waals surface area contributed by atoms with Crippen LogP contribution in [0.3, 0.4) is 0 Å². The van der Waals surface area contributed by atoms with Crippen LogP contribution < -0.4 is 4.74 Å². The van der Waals surface area contributed by atoms with Crippen molar-refractivity contribution >= 4 is 6.29 Å². The van der Waals surface area contributed by atoms with Gasteiger partial charge >= 0.3 is 6.18 Å². The number of carbonyl (C=O) groups is 1. The molecule has 0 aliphatic carbocycles. The van der Waals surface area contributed by atoms with Crippen LogP contribution in [0.2, 0.25) is 0 Å². The first-order chi connectivity index (χ1) is 10.5. The number of alkyl halides is 3. The molecule has 0 N–H and O–H groups in total. The molecule has 0 unspecified atom stereocenters. The van der Waals surface area contributed by atoms with Gasteiger partial charge in [0.2, 0.25) is 0 Å². The number of hydrogen-bond donors (Lipinski definition) is 0. The van der Waals surface area contributed by atoms with Crippen molar-refractivity contribution in [3.8, 4) is 5.75 Å². The van der Waals surface area contributed by atoms with Gasteiger partial charge in [-0.15, -0.1) is 0 Å². The highest BCUT2D eigenvalue weighted by Crippen LogP contribution is 2.23. The highest BCUT2D eigenvalue weighted by Gasteiger charge is 2.25. The van der Waals surface area contributed by atoms with Gasteiger partial charge in [-0.2, -0.15) is 13.2 Å². The number of aldehydes is 1. The average Bonchev–Trinajstić information content (AvgIpc) is 2.48. The molecule has 1 rings (SSSR count). The minimum Gasteiger partial charge on any atom is -0.494 e. The standard InChI is InChI=1S/C17H23F3O2/c18-17(19,20)12-6-4-2-1-3-5-7-13-22-16-10-8-15(14-21)9-11-16/h8-11,14H,1-7,12-13H2. The van der Waals surface area contributed by atoms with E-state index in [0.717, 1.165) is 44.1 Å². The van der Waals surface area contributed by atoms with Gasteiger partial charge in [-0.25, -0.2) is 0 Å². The molecule has 0 saturated heterocycles. The number of rotatable bonds is 11. The minimum atomic E-state index is -4.01. The lowest BCUT2D eigenvalue weighted by Gasteiger charge is -2.07. The zero-order valence-corrected chi connectivity index (χ0v) is 12.7. The Balaban J connectivity index is 1.92. The van der Waals surface area contributed by atoms with Gasteiger partial charge < -0.3 is 4.74 Å². The second-order valence-corrected chi connectivity index (χ2v) is 5.38. The molecule has 0 aliphatic heterocycles. The van der Waals surface area contributed by atoms with Crippen LogP contribution in [0.1, 0.15) is 61.7 Å². The van der Waals surface area contributed by atoms with E-state index in [0.29, 0.717) is 18.6 Å². The van der Waals surface area contributed by atoms with E-state index in [1.165, 1.54) is 0 Å². The third-order valence-electron chi connectivity index (χ3n) is 3.39. The molecule has 124 valence electrons. The molecule has 0 aliphatic rings. The molecule has 5 heteroatoms. The van der Waals surface area contributed by atoms with Crippen molar-refractivity contribution in [2.75, 3.05) is 6.61 Å². The monoisotopic (exact) mass is 316 g/mol. The van der Waals surface area contributed by atoms with Crippen LogP contribution >= 0.6 is 0 Å². The van der Waals surface area contributed by atoms with E-state index >= 15 is 0 Å². The van der Waals surface area contributed by atoms with E-state index in [4.69, 9.17) is 4.74 Å². The SMILES string of the molecule is O=Cc1ccc(OCCCCCCCCCC(F)(F)F)cc1. The first-order valence-corrected chi connectivity index (χ1v) is 7.76. The zero-order valence-electron chi connectivity index (χ0n) is 12.7. The predicted octanol–water partition coefficient (Wildman–Crippen LogP) is 5.56. The van der Waals surface area contributed by atoms with Crippen molar-refractivity contribution < 1.29 is 22.7 Å². The quantitative estimate of drug-likeness (QED) is 0.394. The molecule has 0 fully saturated rings. The zero-order chi connectivity index (χ0) is 16.3. The third-order valence-corrected chi connectivity index (χ3v) is 3.39. The summed E-state index contributed by atoms with van der Waals surface area (Å²) >= 11 is 0. The Labute approximate surface area is 129 Å². The number of benzene rings is 1. The van der Waals surface area contributed by atoms with Crippen LogP contribution in [0.5, 0.6) is 5.75 Å². The molecule has 0 atom stereocenters. The molecular weight excluding hydrogens is 293 g/mol. The van der Waals surface area contributed by atoms with E-state index in [9.17, 15) is 18.0 Å². The molecule has 0 heterocycles. The summed E-state index contributed by atoms with van der Waals surface area (Å²) < 4.78 is 41.3. The number of carbonyl (C=O) groups excluding carboxylic acids is 1. The molecule has 0 saturated carbocycles. The Morgan fingerprint density at radius 1 is 0.864 bits per heavy atom. The molecule has 0 spiro atoms. The summed E-state index contributed by atoms with van der Waals surface area (Å²) in [6.45, 7) is 0.620. The maximum Gasteiger partial charge on any atom is 0.389 e. The minimum absolute atomic E-state index is 0.239. The molecule has 0 amide bonds. The first-order valence-electron chi connectivity index (χ1n) is 7.76. The third kappa shape index (κ3) is 9.42. The number of ether oxygens (including phenoxy) is 1. The van der Waals surface area contributed by atoms with Crippen molar-refractivity contribution in [1.29, 1.82) is 0 Å². The van der Waals surface area contributed by atoms with Gasteiger partial charge in [0.15, 0.2) is 0 Å². The van der Waals surface area contributed by atoms with Crippen molar-refractivity contribution in [3.63, 3.8) is 0 Å². The van der Waals surface area contributed by atoms with E-state index in [1.54, 1.807) is 24.3 Å². The van der Waals surface area contributed by atoms with Crippen LogP contribution in [0.4, 0.5) is 13.2 Å². The fourth-order valence-corrected chi connectivity index (χ4v) is 2.14. The lowest BCUT2D eigenvalue weighted by Crippen LogP contribution is -2.06. The highest BCUT2D eigenvalue weighted by atomic mass is 19.4. The van der Waals surface area contributed by atoms with Crippen molar-refractivity contribution in [3.05, 3.63) is 29.8 Å². The Bertz CT molecular complexity index is 413. The van der Waals surface area contributed by atoms with Gasteiger partial charge in [-0.05, 0) is 37.1 Å². The van der Waals surface area contributed by atoms with E-state index in [-0.39, 0.29) is 6.42 Å². The number of hydrogen-bond acceptors (Lipinski definition) is 2. The molecule has 1 aromatic carbocycles. The smallest absolute Gasteiger partial charge is 0.389 e. The number of halogens is 3. The molecule has 0 radical (unpaired) electrons. The largest absolute Gasteiger partial charge is 0.494 e. The predicted molar refractivity (Wildman–Crippen MR) is 80.3 cm³/mol. The van der Waals surface area contributed by atoms with Gasteiger partial charge in [0.05, 0.1) is 6.61 Å². The maximum atomic E-state index is 11.9. The van der Waals surface area contributed by atoms with Crippen LogP contribution in [-0.4, -0.2) is 19.1 Å². The molecule has 1 aromatic rings. The summed E-state index contributed by atoms with van der Waals surface area (Å²) in [4.78, 5) is 10.5. The van der Waals surface area contributed by atoms with Crippen molar-refractivity contribution in [2.24, 2.45) is 0 Å². The summed E-state index contributed by atoms with van der Waals surface area (Å²) in [5, 5.41) is 0. The first kappa shape index (κ1) is 18.5. The van der Waals surface area contributed by atoms with Gasteiger partial charge in [0, 0.05) is 12.0 Å². The summed E-state index contributed by atoms with van der Waals surface area (Å²) in [7, 11) is 0. The van der Waals surface area contributed by atoms with Gasteiger partial charge in [0.1, 0.15) is 12.0 Å². The summed E-state index contributed by atoms with van der Waals surface area (Å²) in [5.74, 6) is 0.748. The summed E-state index contributed by atoms with van der Waals surface area (Å²) in [6.07, 6.45) is 1.82. The van der Waals surface area contributed by atoms with Crippen LogP contribution in [0, 0.1) is 0 Å². The lowest BCUT2D eigenvalue weighted by atomic mass is 10.1. The highest BCUT2D eigenvalue weighted by molar-refractivity contribution is 5.74. The van der Waals surface area contributed by atoms with E-state index < -0.39 is 12.6 Å². The van der Waals surface area contributed by atoms with Crippen molar-refractivity contribution in [1.82, 2.24) is 0 Å².